The number of alkyl carbamates (subject to hydrolysis) is 1. The quantitative estimate of drug-likeness (QED) is 0.426. The number of benzene rings is 3. The fourth-order valence-corrected chi connectivity index (χ4v) is 4.33. The first-order valence-electron chi connectivity index (χ1n) is 10.3. The fourth-order valence-electron chi connectivity index (χ4n) is 3.95. The molecular formula is C25H21BrN2O5. The molecule has 1 aliphatic rings. The van der Waals surface area contributed by atoms with Gasteiger partial charge in [-0.2, -0.15) is 0 Å². The number of carboxylic acid groups (broad SMARTS) is 1. The Labute approximate surface area is 198 Å². The first-order valence-corrected chi connectivity index (χ1v) is 11.1. The Morgan fingerprint density at radius 2 is 1.48 bits per heavy atom. The van der Waals surface area contributed by atoms with Crippen molar-refractivity contribution in [3.8, 4) is 11.1 Å². The van der Waals surface area contributed by atoms with Gasteiger partial charge in [-0.05, 0) is 50.3 Å². The van der Waals surface area contributed by atoms with Gasteiger partial charge in [0.05, 0.1) is 12.1 Å². The maximum absolute atomic E-state index is 12.7. The van der Waals surface area contributed by atoms with Crippen LogP contribution in [0.4, 0.5) is 10.5 Å². The number of carbonyl (C=O) groups is 3. The van der Waals surface area contributed by atoms with Crippen LogP contribution in [0.1, 0.15) is 23.5 Å². The molecule has 7 nitrogen and oxygen atoms in total. The van der Waals surface area contributed by atoms with E-state index in [1.807, 2.05) is 48.5 Å². The maximum Gasteiger partial charge on any atom is 0.407 e. The van der Waals surface area contributed by atoms with Gasteiger partial charge in [-0.1, -0.05) is 60.7 Å². The lowest BCUT2D eigenvalue weighted by Gasteiger charge is -2.19. The molecular weight excluding hydrogens is 488 g/mol. The second-order valence-electron chi connectivity index (χ2n) is 7.59. The first kappa shape index (κ1) is 22.5. The fraction of sp³-hybridized carbons (Fsp3) is 0.160. The molecule has 3 N–H and O–H groups in total. The number of para-hydroxylation sites is 1. The lowest BCUT2D eigenvalue weighted by atomic mass is 9.98. The van der Waals surface area contributed by atoms with Crippen molar-refractivity contribution in [2.75, 3.05) is 11.9 Å². The van der Waals surface area contributed by atoms with E-state index in [2.05, 4.69) is 26.6 Å². The number of hydrogen-bond donors (Lipinski definition) is 3. The normalized spacial score (nSPS) is 12.9. The lowest BCUT2D eigenvalue weighted by Crippen LogP contribution is -2.45. The summed E-state index contributed by atoms with van der Waals surface area (Å²) in [5.41, 5.74) is 4.77. The van der Waals surface area contributed by atoms with E-state index in [9.17, 15) is 19.5 Å². The van der Waals surface area contributed by atoms with Crippen molar-refractivity contribution in [2.45, 2.75) is 18.4 Å². The minimum atomic E-state index is -1.30. The smallest absolute Gasteiger partial charge is 0.407 e. The standard InChI is InChI=1S/C25H21BrN2O5/c26-20-11-5-6-12-21(20)27-24(31)22(13-23(29)30)28-25(32)33-14-19-17-9-3-1-7-15(17)16-8-2-4-10-18(16)19/h1-12,19,22H,13-14H2,(H,27,31)(H,28,32)(H,29,30). The molecule has 3 aromatic carbocycles. The summed E-state index contributed by atoms with van der Waals surface area (Å²) >= 11 is 3.32. The zero-order valence-electron chi connectivity index (χ0n) is 17.5. The molecule has 0 saturated heterocycles. The van der Waals surface area contributed by atoms with Crippen LogP contribution in [0.25, 0.3) is 11.1 Å². The van der Waals surface area contributed by atoms with Crippen LogP contribution >= 0.6 is 15.9 Å². The van der Waals surface area contributed by atoms with Gasteiger partial charge in [-0.25, -0.2) is 4.79 Å². The van der Waals surface area contributed by atoms with Gasteiger partial charge in [0.1, 0.15) is 12.6 Å². The molecule has 0 aromatic heterocycles. The van der Waals surface area contributed by atoms with Crippen LogP contribution in [0.3, 0.4) is 0 Å². The molecule has 0 bridgehead atoms. The average molecular weight is 509 g/mol. The lowest BCUT2D eigenvalue weighted by molar-refractivity contribution is -0.139. The summed E-state index contributed by atoms with van der Waals surface area (Å²) in [7, 11) is 0. The van der Waals surface area contributed by atoms with Crippen LogP contribution in [-0.4, -0.2) is 35.7 Å². The van der Waals surface area contributed by atoms with E-state index in [0.29, 0.717) is 10.2 Å². The average Bonchev–Trinajstić information content (AvgIpc) is 3.12. The highest BCUT2D eigenvalue weighted by Gasteiger charge is 2.30. The van der Waals surface area contributed by atoms with Crippen molar-refractivity contribution < 1.29 is 24.2 Å². The van der Waals surface area contributed by atoms with Gasteiger partial charge >= 0.3 is 12.1 Å². The van der Waals surface area contributed by atoms with Crippen molar-refractivity contribution in [1.29, 1.82) is 0 Å². The van der Waals surface area contributed by atoms with Crippen molar-refractivity contribution in [1.82, 2.24) is 5.32 Å². The predicted molar refractivity (Wildman–Crippen MR) is 127 cm³/mol. The number of amides is 2. The Kier molecular flexibility index (Phi) is 6.74. The van der Waals surface area contributed by atoms with Crippen LogP contribution in [0.2, 0.25) is 0 Å². The molecule has 2 amide bonds. The van der Waals surface area contributed by atoms with Gasteiger partial charge < -0.3 is 20.5 Å². The van der Waals surface area contributed by atoms with Gasteiger partial charge in [-0.3, -0.25) is 9.59 Å². The molecule has 33 heavy (non-hydrogen) atoms. The molecule has 168 valence electrons. The molecule has 0 heterocycles. The van der Waals surface area contributed by atoms with E-state index in [0.717, 1.165) is 22.3 Å². The van der Waals surface area contributed by atoms with Gasteiger partial charge in [0, 0.05) is 10.4 Å². The number of ether oxygens (including phenoxy) is 1. The Bertz CT molecular complexity index is 1170. The first-order chi connectivity index (χ1) is 15.9. The zero-order valence-corrected chi connectivity index (χ0v) is 19.0. The largest absolute Gasteiger partial charge is 0.481 e. The molecule has 8 heteroatoms. The van der Waals surface area contributed by atoms with Crippen LogP contribution in [0.5, 0.6) is 0 Å². The third kappa shape index (κ3) is 5.06. The molecule has 0 aliphatic heterocycles. The van der Waals surface area contributed by atoms with Crippen LogP contribution in [-0.2, 0) is 14.3 Å². The molecule has 1 atom stereocenters. The second-order valence-corrected chi connectivity index (χ2v) is 8.44. The minimum absolute atomic E-state index is 0.0610. The van der Waals surface area contributed by atoms with Crippen molar-refractivity contribution >= 4 is 39.6 Å². The highest BCUT2D eigenvalue weighted by molar-refractivity contribution is 9.10. The van der Waals surface area contributed by atoms with Crippen LogP contribution < -0.4 is 10.6 Å². The summed E-state index contributed by atoms with van der Waals surface area (Å²) in [6.07, 6.45) is -1.44. The van der Waals surface area contributed by atoms with Crippen molar-refractivity contribution in [3.63, 3.8) is 0 Å². The highest BCUT2D eigenvalue weighted by atomic mass is 79.9. The molecule has 0 radical (unpaired) electrons. The molecule has 3 aromatic rings. The van der Waals surface area contributed by atoms with Crippen LogP contribution in [0.15, 0.2) is 77.3 Å². The van der Waals surface area contributed by atoms with Gasteiger partial charge in [-0.15, -0.1) is 0 Å². The molecule has 4 rings (SSSR count). The third-order valence-corrected chi connectivity index (χ3v) is 6.15. The van der Waals surface area contributed by atoms with E-state index in [1.54, 1.807) is 24.3 Å². The topological polar surface area (TPSA) is 105 Å². The number of carbonyl (C=O) groups excluding carboxylic acids is 2. The Hall–Kier alpha value is -3.65. The SMILES string of the molecule is O=C(O)CC(NC(=O)OCC1c2ccccc2-c2ccccc21)C(=O)Nc1ccccc1Br. The Morgan fingerprint density at radius 3 is 2.09 bits per heavy atom. The highest BCUT2D eigenvalue weighted by Crippen LogP contribution is 2.44. The van der Waals surface area contributed by atoms with Crippen molar-refractivity contribution in [3.05, 3.63) is 88.4 Å². The molecule has 1 aliphatic carbocycles. The predicted octanol–water partition coefficient (Wildman–Crippen LogP) is 4.77. The Balaban J connectivity index is 1.43. The van der Waals surface area contributed by atoms with Gasteiger partial charge in [0.2, 0.25) is 5.91 Å². The van der Waals surface area contributed by atoms with E-state index < -0.39 is 30.4 Å². The number of aliphatic carboxylic acids is 1. The maximum atomic E-state index is 12.7. The summed E-state index contributed by atoms with van der Waals surface area (Å²) in [4.78, 5) is 36.5. The monoisotopic (exact) mass is 508 g/mol. The summed E-state index contributed by atoms with van der Waals surface area (Å²) in [5, 5.41) is 14.2. The summed E-state index contributed by atoms with van der Waals surface area (Å²) < 4.78 is 6.08. The van der Waals surface area contributed by atoms with E-state index in [4.69, 9.17) is 4.74 Å². The zero-order chi connectivity index (χ0) is 23.4. The van der Waals surface area contributed by atoms with Crippen LogP contribution in [0, 0.1) is 0 Å². The number of nitrogens with one attached hydrogen (secondary N) is 2. The van der Waals surface area contributed by atoms with Gasteiger partial charge in [0.25, 0.3) is 0 Å². The summed E-state index contributed by atoms with van der Waals surface area (Å²) in [6.45, 7) is 0.0610. The number of anilines is 1. The Morgan fingerprint density at radius 1 is 0.909 bits per heavy atom. The van der Waals surface area contributed by atoms with Gasteiger partial charge in [0.15, 0.2) is 0 Å². The van der Waals surface area contributed by atoms with E-state index in [-0.39, 0.29) is 12.5 Å². The summed E-state index contributed by atoms with van der Waals surface area (Å²) in [6, 6.07) is 21.5. The minimum Gasteiger partial charge on any atom is -0.481 e. The number of hydrogen-bond acceptors (Lipinski definition) is 4. The molecule has 0 saturated carbocycles. The summed E-state index contributed by atoms with van der Waals surface area (Å²) in [5.74, 6) is -2.02. The molecule has 1 unspecified atom stereocenters. The number of rotatable bonds is 7. The van der Waals surface area contributed by atoms with E-state index in [1.165, 1.54) is 0 Å². The van der Waals surface area contributed by atoms with E-state index >= 15 is 0 Å². The molecule has 0 spiro atoms. The number of carboxylic acids is 1. The third-order valence-electron chi connectivity index (χ3n) is 5.46. The second kappa shape index (κ2) is 9.87. The number of halogens is 1. The van der Waals surface area contributed by atoms with Crippen molar-refractivity contribution in [2.24, 2.45) is 0 Å². The molecule has 0 fully saturated rings. The number of fused-ring (bicyclic) bond motifs is 3.